The summed E-state index contributed by atoms with van der Waals surface area (Å²) in [7, 11) is 1.69. The Morgan fingerprint density at radius 2 is 1.79 bits per heavy atom. The van der Waals surface area contributed by atoms with Gasteiger partial charge in [-0.2, -0.15) is 5.10 Å². The number of rotatable bonds is 6. The second-order valence-electron chi connectivity index (χ2n) is 5.98. The summed E-state index contributed by atoms with van der Waals surface area (Å²) in [5.41, 5.74) is 3.12. The molecule has 0 bridgehead atoms. The number of thiophene rings is 1. The van der Waals surface area contributed by atoms with E-state index in [0.717, 1.165) is 26.7 Å². The molecule has 0 aliphatic carbocycles. The van der Waals surface area contributed by atoms with Crippen molar-refractivity contribution in [3.8, 4) is 17.0 Å². The van der Waals surface area contributed by atoms with Crippen molar-refractivity contribution < 1.29 is 4.74 Å². The van der Waals surface area contributed by atoms with E-state index in [1.165, 1.54) is 5.56 Å². The fraction of sp³-hybridized carbons (Fsp3) is 0.0909. The Labute approximate surface area is 171 Å². The molecule has 0 radical (unpaired) electrons. The van der Waals surface area contributed by atoms with Crippen molar-refractivity contribution in [2.24, 2.45) is 10.1 Å². The number of hydrogen-bond donors (Lipinski definition) is 0. The zero-order valence-electron chi connectivity index (χ0n) is 15.4. The second kappa shape index (κ2) is 8.82. The molecule has 0 aliphatic heterocycles. The van der Waals surface area contributed by atoms with Gasteiger partial charge in [0, 0.05) is 15.8 Å². The van der Waals surface area contributed by atoms with Crippen molar-refractivity contribution in [3.05, 3.63) is 92.7 Å². The van der Waals surface area contributed by atoms with Gasteiger partial charge in [0.2, 0.25) is 4.80 Å². The van der Waals surface area contributed by atoms with E-state index < -0.39 is 0 Å². The minimum Gasteiger partial charge on any atom is -0.496 e. The summed E-state index contributed by atoms with van der Waals surface area (Å²) in [5.74, 6) is 0.815. The summed E-state index contributed by atoms with van der Waals surface area (Å²) in [6.07, 6.45) is 1.87. The first-order chi connectivity index (χ1) is 13.8. The molecular formula is C22H19N3OS2. The molecule has 0 atom stereocenters. The predicted molar refractivity (Wildman–Crippen MR) is 117 cm³/mol. The van der Waals surface area contributed by atoms with Gasteiger partial charge in [0.15, 0.2) is 0 Å². The molecule has 4 rings (SSSR count). The zero-order chi connectivity index (χ0) is 19.2. The van der Waals surface area contributed by atoms with E-state index >= 15 is 0 Å². The largest absolute Gasteiger partial charge is 0.496 e. The third kappa shape index (κ3) is 4.13. The van der Waals surface area contributed by atoms with Gasteiger partial charge in [-0.3, -0.25) is 4.99 Å². The van der Waals surface area contributed by atoms with Crippen LogP contribution in [0.25, 0.3) is 11.3 Å². The molecule has 0 N–H and O–H groups in total. The minimum atomic E-state index is 0.612. The van der Waals surface area contributed by atoms with Crippen LogP contribution in [0.2, 0.25) is 0 Å². The summed E-state index contributed by atoms with van der Waals surface area (Å²) in [6.45, 7) is 0.612. The van der Waals surface area contributed by atoms with Crippen LogP contribution in [0.4, 0.5) is 0 Å². The Hall–Kier alpha value is -2.96. The minimum absolute atomic E-state index is 0.612. The molecule has 0 unspecified atom stereocenters. The molecule has 28 heavy (non-hydrogen) atoms. The molecule has 0 saturated carbocycles. The number of thiazole rings is 1. The van der Waals surface area contributed by atoms with Crippen molar-refractivity contribution in [3.63, 3.8) is 0 Å². The zero-order valence-corrected chi connectivity index (χ0v) is 17.0. The van der Waals surface area contributed by atoms with Gasteiger partial charge >= 0.3 is 0 Å². The first-order valence-electron chi connectivity index (χ1n) is 8.81. The van der Waals surface area contributed by atoms with E-state index in [1.807, 2.05) is 70.9 Å². The van der Waals surface area contributed by atoms with E-state index in [9.17, 15) is 0 Å². The molecule has 0 amide bonds. The monoisotopic (exact) mass is 405 g/mol. The first-order valence-corrected chi connectivity index (χ1v) is 10.6. The Balaban J connectivity index is 1.79. The van der Waals surface area contributed by atoms with Gasteiger partial charge in [-0.1, -0.05) is 48.5 Å². The van der Waals surface area contributed by atoms with E-state index in [4.69, 9.17) is 14.8 Å². The second-order valence-corrected chi connectivity index (χ2v) is 7.79. The normalized spacial score (nSPS) is 12.0. The van der Waals surface area contributed by atoms with Crippen LogP contribution in [0.3, 0.4) is 0 Å². The first kappa shape index (κ1) is 18.4. The molecule has 0 aliphatic rings. The van der Waals surface area contributed by atoms with E-state index in [2.05, 4.69) is 17.5 Å². The van der Waals surface area contributed by atoms with E-state index in [0.29, 0.717) is 6.54 Å². The number of hydrogen-bond acceptors (Lipinski definition) is 5. The molecule has 0 saturated heterocycles. The summed E-state index contributed by atoms with van der Waals surface area (Å²) in [5, 5.41) is 8.86. The van der Waals surface area contributed by atoms with Gasteiger partial charge in [0.1, 0.15) is 5.75 Å². The average Bonchev–Trinajstić information content (AvgIpc) is 3.41. The van der Waals surface area contributed by atoms with Crippen LogP contribution in [0.1, 0.15) is 10.4 Å². The van der Waals surface area contributed by atoms with Crippen LogP contribution >= 0.6 is 22.7 Å². The van der Waals surface area contributed by atoms with Gasteiger partial charge in [0.05, 0.1) is 25.6 Å². The topological polar surface area (TPSA) is 38.9 Å². The molecule has 2 aromatic carbocycles. The van der Waals surface area contributed by atoms with E-state index in [1.54, 1.807) is 29.8 Å². The number of para-hydroxylation sites is 1. The Morgan fingerprint density at radius 1 is 0.964 bits per heavy atom. The molecule has 0 spiro atoms. The Kier molecular flexibility index (Phi) is 5.80. The Bertz CT molecular complexity index is 1130. The van der Waals surface area contributed by atoms with Gasteiger partial charge < -0.3 is 4.74 Å². The lowest BCUT2D eigenvalue weighted by Crippen LogP contribution is -2.12. The summed E-state index contributed by atoms with van der Waals surface area (Å²) in [6, 6.07) is 22.3. The van der Waals surface area contributed by atoms with Crippen LogP contribution in [0.5, 0.6) is 5.75 Å². The fourth-order valence-corrected chi connectivity index (χ4v) is 4.19. The molecular weight excluding hydrogens is 386 g/mol. The highest BCUT2D eigenvalue weighted by Crippen LogP contribution is 2.30. The Morgan fingerprint density at radius 3 is 2.57 bits per heavy atom. The lowest BCUT2D eigenvalue weighted by molar-refractivity contribution is 0.416. The lowest BCUT2D eigenvalue weighted by atomic mass is 10.1. The highest BCUT2D eigenvalue weighted by molar-refractivity contribution is 7.11. The maximum atomic E-state index is 5.55. The predicted octanol–water partition coefficient (Wildman–Crippen LogP) is 5.27. The third-order valence-corrected chi connectivity index (χ3v) is 5.81. The van der Waals surface area contributed by atoms with Crippen LogP contribution in [0, 0.1) is 0 Å². The van der Waals surface area contributed by atoms with Crippen molar-refractivity contribution in [1.29, 1.82) is 0 Å². The van der Waals surface area contributed by atoms with Crippen molar-refractivity contribution in [2.45, 2.75) is 6.54 Å². The van der Waals surface area contributed by atoms with Gasteiger partial charge in [-0.15, -0.1) is 22.7 Å². The lowest BCUT2D eigenvalue weighted by Gasteiger charge is -2.08. The summed E-state index contributed by atoms with van der Waals surface area (Å²) in [4.78, 5) is 6.75. The smallest absolute Gasteiger partial charge is 0.206 e. The highest BCUT2D eigenvalue weighted by atomic mass is 32.1. The third-order valence-electron chi connectivity index (χ3n) is 4.15. The maximum Gasteiger partial charge on any atom is 0.206 e. The quantitative estimate of drug-likeness (QED) is 0.403. The molecule has 0 fully saturated rings. The number of aromatic nitrogens is 1. The maximum absolute atomic E-state index is 5.55. The summed E-state index contributed by atoms with van der Waals surface area (Å²) >= 11 is 3.23. The van der Waals surface area contributed by atoms with Crippen molar-refractivity contribution >= 4 is 28.9 Å². The highest BCUT2D eigenvalue weighted by Gasteiger charge is 2.12. The number of methoxy groups -OCH3 is 1. The standard InChI is InChI=1S/C22H19N3OS2/c1-26-21-12-6-5-11-19(21)20-16-28-22(23-14-17-8-3-2-4-9-17)25(20)24-15-18-10-7-13-27-18/h2-13,15-16H,14H2,1H3. The molecule has 4 nitrogen and oxygen atoms in total. The fourth-order valence-electron chi connectivity index (χ4n) is 2.78. The summed E-state index contributed by atoms with van der Waals surface area (Å²) < 4.78 is 7.45. The van der Waals surface area contributed by atoms with Crippen molar-refractivity contribution in [2.75, 3.05) is 7.11 Å². The molecule has 4 aromatic rings. The molecule has 2 aromatic heterocycles. The van der Waals surface area contributed by atoms with Crippen LogP contribution in [-0.2, 0) is 6.54 Å². The van der Waals surface area contributed by atoms with Crippen LogP contribution < -0.4 is 9.54 Å². The van der Waals surface area contributed by atoms with Crippen LogP contribution in [0.15, 0.2) is 87.6 Å². The SMILES string of the molecule is COc1ccccc1-c1csc(=NCc2ccccc2)n1N=Cc1cccs1. The number of nitrogens with zero attached hydrogens (tertiary/aromatic N) is 3. The van der Waals surface area contributed by atoms with Crippen molar-refractivity contribution in [1.82, 2.24) is 4.68 Å². The van der Waals surface area contributed by atoms with Crippen LogP contribution in [-0.4, -0.2) is 18.0 Å². The van der Waals surface area contributed by atoms with Gasteiger partial charge in [0.25, 0.3) is 0 Å². The molecule has 6 heteroatoms. The number of benzene rings is 2. The van der Waals surface area contributed by atoms with E-state index in [-0.39, 0.29) is 0 Å². The molecule has 140 valence electrons. The number of ether oxygens (including phenoxy) is 1. The van der Waals surface area contributed by atoms with Gasteiger partial charge in [-0.05, 0) is 29.1 Å². The average molecular weight is 406 g/mol. The van der Waals surface area contributed by atoms with Gasteiger partial charge in [-0.25, -0.2) is 4.68 Å². The molecule has 2 heterocycles.